The van der Waals surface area contributed by atoms with Gasteiger partial charge in [-0.25, -0.2) is 0 Å². The summed E-state index contributed by atoms with van der Waals surface area (Å²) in [6.45, 7) is 0.203. The third-order valence-electron chi connectivity index (χ3n) is 3.82. The van der Waals surface area contributed by atoms with Crippen molar-refractivity contribution in [1.82, 2.24) is 4.98 Å². The van der Waals surface area contributed by atoms with E-state index in [-0.39, 0.29) is 22.8 Å². The molecule has 0 fully saturated rings. The van der Waals surface area contributed by atoms with Gasteiger partial charge in [0.1, 0.15) is 0 Å². The fraction of sp³-hybridized carbons (Fsp3) is 0.0526. The largest absolute Gasteiger partial charge is 0.302 e. The molecule has 0 atom stereocenters. The molecule has 136 valence electrons. The molecular weight excluding hydrogens is 389 g/mol. The number of aromatic nitrogens is 1. The lowest BCUT2D eigenvalue weighted by Gasteiger charge is -2.23. The number of benzene rings is 2. The molecule has 0 saturated heterocycles. The number of nitro benzene ring substituents is 1. The van der Waals surface area contributed by atoms with E-state index in [2.05, 4.69) is 4.98 Å². The van der Waals surface area contributed by atoms with Crippen molar-refractivity contribution >= 4 is 40.5 Å². The van der Waals surface area contributed by atoms with Crippen LogP contribution in [0.5, 0.6) is 0 Å². The van der Waals surface area contributed by atoms with Crippen LogP contribution in [-0.4, -0.2) is 15.8 Å². The maximum Gasteiger partial charge on any atom is 0.270 e. The number of halogens is 2. The monoisotopic (exact) mass is 401 g/mol. The first-order valence-corrected chi connectivity index (χ1v) is 8.62. The molecule has 0 unspecified atom stereocenters. The number of carbonyl (C=O) groups is 1. The maximum absolute atomic E-state index is 13.1. The SMILES string of the molecule is O=C(c1ccc([N+](=O)[O-])cc1Cl)N(Cc1ccccn1)c1ccc(Cl)cc1. The van der Waals surface area contributed by atoms with Crippen LogP contribution in [0.3, 0.4) is 0 Å². The fourth-order valence-electron chi connectivity index (χ4n) is 2.49. The Morgan fingerprint density at radius 2 is 1.81 bits per heavy atom. The molecule has 0 aliphatic rings. The van der Waals surface area contributed by atoms with Gasteiger partial charge >= 0.3 is 0 Å². The van der Waals surface area contributed by atoms with Crippen LogP contribution in [0.15, 0.2) is 66.9 Å². The third kappa shape index (κ3) is 4.42. The minimum atomic E-state index is -0.564. The number of non-ortho nitro benzene ring substituents is 1. The second-order valence-corrected chi connectivity index (χ2v) is 6.45. The molecule has 1 aromatic heterocycles. The van der Waals surface area contributed by atoms with Gasteiger partial charge in [0.15, 0.2) is 0 Å². The van der Waals surface area contributed by atoms with Gasteiger partial charge < -0.3 is 4.90 Å². The van der Waals surface area contributed by atoms with E-state index in [1.54, 1.807) is 42.6 Å². The van der Waals surface area contributed by atoms with E-state index < -0.39 is 10.8 Å². The van der Waals surface area contributed by atoms with Crippen LogP contribution >= 0.6 is 23.2 Å². The van der Waals surface area contributed by atoms with E-state index in [9.17, 15) is 14.9 Å². The number of amides is 1. The van der Waals surface area contributed by atoms with Crippen LogP contribution in [0.2, 0.25) is 10.0 Å². The lowest BCUT2D eigenvalue weighted by Crippen LogP contribution is -2.31. The van der Waals surface area contributed by atoms with E-state index in [4.69, 9.17) is 23.2 Å². The smallest absolute Gasteiger partial charge is 0.270 e. The third-order valence-corrected chi connectivity index (χ3v) is 4.39. The van der Waals surface area contributed by atoms with Gasteiger partial charge in [-0.2, -0.15) is 0 Å². The van der Waals surface area contributed by atoms with Gasteiger partial charge in [-0.05, 0) is 42.5 Å². The Labute approximate surface area is 165 Å². The van der Waals surface area contributed by atoms with Crippen molar-refractivity contribution in [3.05, 3.63) is 98.3 Å². The van der Waals surface area contributed by atoms with Crippen molar-refractivity contribution in [3.8, 4) is 0 Å². The molecule has 0 aliphatic heterocycles. The summed E-state index contributed by atoms with van der Waals surface area (Å²) in [6, 6.07) is 15.9. The van der Waals surface area contributed by atoms with Gasteiger partial charge in [0.2, 0.25) is 0 Å². The summed E-state index contributed by atoms with van der Waals surface area (Å²) in [7, 11) is 0. The highest BCUT2D eigenvalue weighted by atomic mass is 35.5. The number of rotatable bonds is 5. The number of pyridine rings is 1. The van der Waals surface area contributed by atoms with Crippen molar-refractivity contribution in [2.24, 2.45) is 0 Å². The number of anilines is 1. The number of hydrogen-bond donors (Lipinski definition) is 0. The minimum Gasteiger partial charge on any atom is -0.302 e. The van der Waals surface area contributed by atoms with Crippen LogP contribution in [-0.2, 0) is 6.54 Å². The van der Waals surface area contributed by atoms with E-state index >= 15 is 0 Å². The molecule has 0 N–H and O–H groups in total. The van der Waals surface area contributed by atoms with Crippen LogP contribution in [0.4, 0.5) is 11.4 Å². The summed E-state index contributed by atoms with van der Waals surface area (Å²) < 4.78 is 0. The normalized spacial score (nSPS) is 10.4. The summed E-state index contributed by atoms with van der Waals surface area (Å²) in [5, 5.41) is 11.4. The van der Waals surface area contributed by atoms with Crippen molar-refractivity contribution in [1.29, 1.82) is 0 Å². The van der Waals surface area contributed by atoms with Crippen molar-refractivity contribution in [2.45, 2.75) is 6.54 Å². The first-order chi connectivity index (χ1) is 13.0. The molecule has 1 heterocycles. The molecule has 0 bridgehead atoms. The molecule has 3 aromatic rings. The number of carbonyl (C=O) groups excluding carboxylic acids is 1. The highest BCUT2D eigenvalue weighted by molar-refractivity contribution is 6.34. The lowest BCUT2D eigenvalue weighted by molar-refractivity contribution is -0.384. The summed E-state index contributed by atoms with van der Waals surface area (Å²) in [6.07, 6.45) is 1.64. The Bertz CT molecular complexity index is 979. The number of nitro groups is 1. The minimum absolute atomic E-state index is 0.00850. The van der Waals surface area contributed by atoms with Gasteiger partial charge in [-0.3, -0.25) is 19.9 Å². The Hall–Kier alpha value is -2.96. The van der Waals surface area contributed by atoms with Crippen LogP contribution in [0.1, 0.15) is 16.1 Å². The number of hydrogen-bond acceptors (Lipinski definition) is 4. The van der Waals surface area contributed by atoms with Gasteiger partial charge in [0.05, 0.1) is 27.7 Å². The molecule has 0 saturated carbocycles. The standard InChI is InChI=1S/C19H13Cl2N3O3/c20-13-4-6-15(7-5-13)23(12-14-3-1-2-10-22-14)19(25)17-9-8-16(24(26)27)11-18(17)21/h1-11H,12H2. The van der Waals surface area contributed by atoms with Gasteiger partial charge in [0, 0.05) is 29.0 Å². The Kier molecular flexibility index (Phi) is 5.69. The van der Waals surface area contributed by atoms with E-state index in [0.717, 1.165) is 6.07 Å². The lowest BCUT2D eigenvalue weighted by atomic mass is 10.1. The molecule has 6 nitrogen and oxygen atoms in total. The van der Waals surface area contributed by atoms with Crippen LogP contribution in [0.25, 0.3) is 0 Å². The van der Waals surface area contributed by atoms with Crippen molar-refractivity contribution in [3.63, 3.8) is 0 Å². The first kappa shape index (κ1) is 18.8. The molecule has 3 rings (SSSR count). The summed E-state index contributed by atoms with van der Waals surface area (Å²) in [5.74, 6) is -0.400. The second kappa shape index (κ2) is 8.16. The molecule has 0 aliphatic carbocycles. The average molecular weight is 402 g/mol. The Morgan fingerprint density at radius 1 is 1.07 bits per heavy atom. The second-order valence-electron chi connectivity index (χ2n) is 5.61. The molecule has 2 aromatic carbocycles. The molecular formula is C19H13Cl2N3O3. The predicted molar refractivity (Wildman–Crippen MR) is 104 cm³/mol. The Balaban J connectivity index is 2.00. The molecule has 0 radical (unpaired) electrons. The highest BCUT2D eigenvalue weighted by Crippen LogP contribution is 2.27. The summed E-state index contributed by atoms with van der Waals surface area (Å²) >= 11 is 12.1. The zero-order valence-electron chi connectivity index (χ0n) is 13.9. The van der Waals surface area contributed by atoms with E-state index in [0.29, 0.717) is 16.4 Å². The first-order valence-electron chi connectivity index (χ1n) is 7.87. The van der Waals surface area contributed by atoms with Crippen molar-refractivity contribution in [2.75, 3.05) is 4.90 Å². The van der Waals surface area contributed by atoms with Gasteiger partial charge in [-0.1, -0.05) is 29.3 Å². The van der Waals surface area contributed by atoms with Crippen molar-refractivity contribution < 1.29 is 9.72 Å². The predicted octanol–water partition coefficient (Wildman–Crippen LogP) is 5.14. The zero-order valence-corrected chi connectivity index (χ0v) is 15.4. The van der Waals surface area contributed by atoms with E-state index in [1.165, 1.54) is 17.0 Å². The van der Waals surface area contributed by atoms with Gasteiger partial charge in [0.25, 0.3) is 11.6 Å². The van der Waals surface area contributed by atoms with E-state index in [1.807, 2.05) is 6.07 Å². The quantitative estimate of drug-likeness (QED) is 0.437. The summed E-state index contributed by atoms with van der Waals surface area (Å²) in [4.78, 5) is 29.2. The maximum atomic E-state index is 13.1. The summed E-state index contributed by atoms with van der Waals surface area (Å²) in [5.41, 5.74) is 1.26. The van der Waals surface area contributed by atoms with Crippen LogP contribution < -0.4 is 4.90 Å². The number of nitrogens with zero attached hydrogens (tertiary/aromatic N) is 3. The topological polar surface area (TPSA) is 76.3 Å². The van der Waals surface area contributed by atoms with Gasteiger partial charge in [-0.15, -0.1) is 0 Å². The fourth-order valence-corrected chi connectivity index (χ4v) is 2.87. The Morgan fingerprint density at radius 3 is 2.41 bits per heavy atom. The molecule has 8 heteroatoms. The zero-order chi connectivity index (χ0) is 19.4. The molecule has 27 heavy (non-hydrogen) atoms. The average Bonchev–Trinajstić information content (AvgIpc) is 2.67. The molecule has 0 spiro atoms. The molecule has 1 amide bonds. The van der Waals surface area contributed by atoms with Crippen LogP contribution in [0, 0.1) is 10.1 Å². The highest BCUT2D eigenvalue weighted by Gasteiger charge is 2.22.